The third kappa shape index (κ3) is 5.98. The summed E-state index contributed by atoms with van der Waals surface area (Å²) in [7, 11) is -3.20. The second-order valence-electron chi connectivity index (χ2n) is 5.66. The second kappa shape index (κ2) is 8.63. The summed E-state index contributed by atoms with van der Waals surface area (Å²) in [5.74, 6) is -0.0594. The van der Waals surface area contributed by atoms with Gasteiger partial charge in [-0.15, -0.1) is 11.3 Å². The first kappa shape index (κ1) is 19.7. The number of nitrogens with one attached hydrogen (secondary N) is 1. The van der Waals surface area contributed by atoms with Crippen molar-refractivity contribution in [1.82, 2.24) is 14.5 Å². The predicted octanol–water partition coefficient (Wildman–Crippen LogP) is 0.754. The molecule has 1 N–H and O–H groups in total. The number of carbonyl (C=O) groups is 2. The highest BCUT2D eigenvalue weighted by Crippen LogP contribution is 2.19. The highest BCUT2D eigenvalue weighted by atomic mass is 32.2. The largest absolute Gasteiger partial charge is 0.450 e. The molecule has 0 aromatic carbocycles. The summed E-state index contributed by atoms with van der Waals surface area (Å²) < 4.78 is 29.5. The fourth-order valence-corrected chi connectivity index (χ4v) is 3.90. The van der Waals surface area contributed by atoms with Crippen LogP contribution in [0.25, 0.3) is 0 Å². The molecule has 0 spiro atoms. The fraction of sp³-hybridized carbons (Fsp3) is 0.600. The van der Waals surface area contributed by atoms with Crippen LogP contribution in [0.4, 0.5) is 4.79 Å². The molecule has 0 unspecified atom stereocenters. The van der Waals surface area contributed by atoms with E-state index in [1.165, 1.54) is 11.3 Å². The van der Waals surface area contributed by atoms with Crippen LogP contribution >= 0.6 is 11.3 Å². The highest BCUT2D eigenvalue weighted by Gasteiger charge is 2.26. The molecule has 25 heavy (non-hydrogen) atoms. The SMILES string of the molecule is CCOC(=O)N1CCN(C(=O)c2ccc(CCNS(C)(=O)=O)s2)CC1. The Morgan fingerprint density at radius 3 is 2.44 bits per heavy atom. The molecule has 10 heteroatoms. The second-order valence-corrected chi connectivity index (χ2v) is 8.66. The molecule has 1 aromatic rings. The Labute approximate surface area is 151 Å². The Kier molecular flexibility index (Phi) is 6.79. The van der Waals surface area contributed by atoms with E-state index in [0.717, 1.165) is 11.1 Å². The number of hydrogen-bond donors (Lipinski definition) is 1. The lowest BCUT2D eigenvalue weighted by molar-refractivity contribution is 0.0574. The van der Waals surface area contributed by atoms with Crippen molar-refractivity contribution in [2.45, 2.75) is 13.3 Å². The van der Waals surface area contributed by atoms with Crippen LogP contribution in [0, 0.1) is 0 Å². The van der Waals surface area contributed by atoms with Crippen LogP contribution in [0.3, 0.4) is 0 Å². The molecule has 140 valence electrons. The van der Waals surface area contributed by atoms with Crippen molar-refractivity contribution in [3.05, 3.63) is 21.9 Å². The molecule has 8 nitrogen and oxygen atoms in total. The van der Waals surface area contributed by atoms with Crippen molar-refractivity contribution in [2.24, 2.45) is 0 Å². The van der Waals surface area contributed by atoms with Crippen LogP contribution in [-0.2, 0) is 21.2 Å². The topological polar surface area (TPSA) is 96.0 Å². The molecule has 0 radical (unpaired) electrons. The van der Waals surface area contributed by atoms with E-state index < -0.39 is 10.0 Å². The number of rotatable bonds is 6. The van der Waals surface area contributed by atoms with Gasteiger partial charge in [0.15, 0.2) is 0 Å². The Balaban J connectivity index is 1.84. The van der Waals surface area contributed by atoms with E-state index in [1.54, 1.807) is 22.8 Å². The molecular weight excluding hydrogens is 366 g/mol. The summed E-state index contributed by atoms with van der Waals surface area (Å²) in [6.07, 6.45) is 1.32. The molecule has 1 saturated heterocycles. The Hall–Kier alpha value is -1.65. The number of ether oxygens (including phenoxy) is 1. The number of hydrogen-bond acceptors (Lipinski definition) is 6. The Bertz CT molecular complexity index is 709. The van der Waals surface area contributed by atoms with E-state index in [2.05, 4.69) is 4.72 Å². The summed E-state index contributed by atoms with van der Waals surface area (Å²) in [6.45, 7) is 4.27. The zero-order chi connectivity index (χ0) is 18.4. The smallest absolute Gasteiger partial charge is 0.409 e. The van der Waals surface area contributed by atoms with Gasteiger partial charge in [-0.05, 0) is 25.5 Å². The van der Waals surface area contributed by atoms with Gasteiger partial charge < -0.3 is 14.5 Å². The molecule has 1 fully saturated rings. The van der Waals surface area contributed by atoms with E-state index in [9.17, 15) is 18.0 Å². The molecule has 1 aromatic heterocycles. The zero-order valence-electron chi connectivity index (χ0n) is 14.4. The van der Waals surface area contributed by atoms with Crippen LogP contribution in [-0.4, -0.2) is 75.8 Å². The van der Waals surface area contributed by atoms with E-state index >= 15 is 0 Å². The van der Waals surface area contributed by atoms with Gasteiger partial charge in [-0.1, -0.05) is 0 Å². The third-order valence-electron chi connectivity index (χ3n) is 3.70. The van der Waals surface area contributed by atoms with E-state index in [1.807, 2.05) is 6.07 Å². The van der Waals surface area contributed by atoms with Gasteiger partial charge in [-0.2, -0.15) is 0 Å². The summed E-state index contributed by atoms with van der Waals surface area (Å²) in [6, 6.07) is 3.61. The summed E-state index contributed by atoms with van der Waals surface area (Å²) in [5.41, 5.74) is 0. The number of piperazine rings is 1. The van der Waals surface area contributed by atoms with Crippen molar-refractivity contribution in [2.75, 3.05) is 45.6 Å². The molecular formula is C15H23N3O5S2. The first-order valence-electron chi connectivity index (χ1n) is 8.04. The molecule has 2 rings (SSSR count). The average Bonchev–Trinajstić information content (AvgIpc) is 3.02. The lowest BCUT2D eigenvalue weighted by atomic mass is 10.3. The number of thiophene rings is 1. The summed E-state index contributed by atoms with van der Waals surface area (Å²) in [4.78, 5) is 29.1. The minimum absolute atomic E-state index is 0.0594. The number of sulfonamides is 1. The predicted molar refractivity (Wildman–Crippen MR) is 95.4 cm³/mol. The minimum atomic E-state index is -3.20. The molecule has 2 amide bonds. The van der Waals surface area contributed by atoms with Gasteiger partial charge in [-0.25, -0.2) is 17.9 Å². The Morgan fingerprint density at radius 2 is 1.84 bits per heavy atom. The van der Waals surface area contributed by atoms with E-state index in [4.69, 9.17) is 4.74 Å². The minimum Gasteiger partial charge on any atom is -0.450 e. The van der Waals surface area contributed by atoms with Crippen molar-refractivity contribution in [1.29, 1.82) is 0 Å². The molecule has 0 aliphatic carbocycles. The Morgan fingerprint density at radius 1 is 1.20 bits per heavy atom. The lowest BCUT2D eigenvalue weighted by Gasteiger charge is -2.33. The summed E-state index contributed by atoms with van der Waals surface area (Å²) in [5, 5.41) is 0. The maximum Gasteiger partial charge on any atom is 0.409 e. The van der Waals surface area contributed by atoms with Crippen LogP contribution in [0.1, 0.15) is 21.5 Å². The number of carbonyl (C=O) groups excluding carboxylic acids is 2. The fourth-order valence-electron chi connectivity index (χ4n) is 2.45. The normalized spacial score (nSPS) is 15.3. The highest BCUT2D eigenvalue weighted by molar-refractivity contribution is 7.88. The van der Waals surface area contributed by atoms with Crippen molar-refractivity contribution in [3.8, 4) is 0 Å². The van der Waals surface area contributed by atoms with Gasteiger partial charge >= 0.3 is 6.09 Å². The van der Waals surface area contributed by atoms with Crippen LogP contribution in [0.5, 0.6) is 0 Å². The standard InChI is InChI=1S/C15H23N3O5S2/c1-3-23-15(20)18-10-8-17(9-11-18)14(19)13-5-4-12(24-13)6-7-16-25(2,21)22/h4-5,16H,3,6-11H2,1-2H3. The third-order valence-corrected chi connectivity index (χ3v) is 5.56. The van der Waals surface area contributed by atoms with Gasteiger partial charge in [0.05, 0.1) is 17.7 Å². The van der Waals surface area contributed by atoms with Crippen LogP contribution < -0.4 is 4.72 Å². The van der Waals surface area contributed by atoms with E-state index in [-0.39, 0.29) is 12.0 Å². The van der Waals surface area contributed by atoms with E-state index in [0.29, 0.717) is 50.6 Å². The summed E-state index contributed by atoms with van der Waals surface area (Å²) >= 11 is 1.37. The first-order valence-corrected chi connectivity index (χ1v) is 10.7. The molecule has 0 saturated carbocycles. The van der Waals surface area contributed by atoms with Gasteiger partial charge in [0.25, 0.3) is 5.91 Å². The maximum atomic E-state index is 12.5. The molecule has 0 bridgehead atoms. The van der Waals surface area contributed by atoms with Gasteiger partial charge in [0, 0.05) is 37.6 Å². The molecule has 1 aliphatic rings. The van der Waals surface area contributed by atoms with Crippen molar-refractivity contribution < 1.29 is 22.7 Å². The maximum absolute atomic E-state index is 12.5. The van der Waals surface area contributed by atoms with Gasteiger partial charge in [0.1, 0.15) is 0 Å². The average molecular weight is 389 g/mol. The quantitative estimate of drug-likeness (QED) is 0.775. The molecule has 1 aliphatic heterocycles. The van der Waals surface area contributed by atoms with Gasteiger partial charge in [0.2, 0.25) is 10.0 Å². The first-order chi connectivity index (χ1) is 11.8. The van der Waals surface area contributed by atoms with Crippen LogP contribution in [0.15, 0.2) is 12.1 Å². The van der Waals surface area contributed by atoms with Crippen molar-refractivity contribution in [3.63, 3.8) is 0 Å². The van der Waals surface area contributed by atoms with Crippen LogP contribution in [0.2, 0.25) is 0 Å². The number of nitrogens with zero attached hydrogens (tertiary/aromatic N) is 2. The lowest BCUT2D eigenvalue weighted by Crippen LogP contribution is -2.50. The zero-order valence-corrected chi connectivity index (χ0v) is 16.0. The number of amides is 2. The molecule has 0 atom stereocenters. The molecule has 2 heterocycles. The monoisotopic (exact) mass is 389 g/mol. The van der Waals surface area contributed by atoms with Gasteiger partial charge in [-0.3, -0.25) is 4.79 Å². The van der Waals surface area contributed by atoms with Crippen molar-refractivity contribution >= 4 is 33.4 Å².